The molecule has 9 heteroatoms. The number of rotatable bonds is 4. The van der Waals surface area contributed by atoms with Crippen molar-refractivity contribution in [2.24, 2.45) is 17.3 Å². The second-order valence-electron chi connectivity index (χ2n) is 11.3. The number of esters is 3. The summed E-state index contributed by atoms with van der Waals surface area (Å²) in [5.74, 6) is -1.56. The van der Waals surface area contributed by atoms with Gasteiger partial charge in [-0.3, -0.25) is 9.59 Å². The standard InChI is InChI=1S/C26H36O9/c1-5-15(2)22(30)34-21-20(33-16(3)28)23(4)17(8-10-24(35-23)11-19(29)31-13-24)18-7-6-9-25(14-32-25)26(18,21)12-27/h5,17-18,20-21,27H,6-14H2,1-4H3/b15-5+/t17?,18?,20-,21-,23?,24+,25?,26?/m0/s1. The zero-order valence-corrected chi connectivity index (χ0v) is 21.0. The minimum absolute atomic E-state index is 0.0837. The number of aliphatic hydroxyl groups excluding tert-OH is 1. The van der Waals surface area contributed by atoms with Gasteiger partial charge in [0.2, 0.25) is 0 Å². The predicted molar refractivity (Wildman–Crippen MR) is 121 cm³/mol. The van der Waals surface area contributed by atoms with Crippen LogP contribution in [0.4, 0.5) is 0 Å². The highest BCUT2D eigenvalue weighted by Gasteiger charge is 2.79. The molecular weight excluding hydrogens is 456 g/mol. The summed E-state index contributed by atoms with van der Waals surface area (Å²) >= 11 is 0. The van der Waals surface area contributed by atoms with Gasteiger partial charge in [-0.05, 0) is 58.3 Å². The molecule has 194 valence electrons. The Balaban J connectivity index is 1.65. The molecule has 8 atom stereocenters. The Bertz CT molecular complexity index is 954. The number of hydrogen-bond acceptors (Lipinski definition) is 9. The minimum atomic E-state index is -1.05. The van der Waals surface area contributed by atoms with Crippen LogP contribution in [0.5, 0.6) is 0 Å². The molecule has 2 aliphatic carbocycles. The van der Waals surface area contributed by atoms with E-state index in [0.29, 0.717) is 25.0 Å². The number of aliphatic hydroxyl groups is 1. The van der Waals surface area contributed by atoms with Crippen LogP contribution in [0.2, 0.25) is 0 Å². The largest absolute Gasteiger partial charge is 0.463 e. The summed E-state index contributed by atoms with van der Waals surface area (Å²) in [6, 6.07) is 0. The van der Waals surface area contributed by atoms with Crippen LogP contribution in [0.3, 0.4) is 0 Å². The fourth-order valence-corrected chi connectivity index (χ4v) is 7.71. The molecule has 3 aliphatic heterocycles. The van der Waals surface area contributed by atoms with E-state index >= 15 is 0 Å². The quantitative estimate of drug-likeness (QED) is 0.272. The van der Waals surface area contributed by atoms with Crippen molar-refractivity contribution in [1.82, 2.24) is 0 Å². The molecular formula is C26H36O9. The fourth-order valence-electron chi connectivity index (χ4n) is 7.71. The Labute approximate surface area is 205 Å². The van der Waals surface area contributed by atoms with Crippen LogP contribution in [-0.2, 0) is 38.1 Å². The highest BCUT2D eigenvalue weighted by molar-refractivity contribution is 5.87. The monoisotopic (exact) mass is 492 g/mol. The summed E-state index contributed by atoms with van der Waals surface area (Å²) in [5.41, 5.74) is -3.02. The Morgan fingerprint density at radius 3 is 2.43 bits per heavy atom. The Hall–Kier alpha value is -1.97. The average molecular weight is 493 g/mol. The number of epoxide rings is 1. The van der Waals surface area contributed by atoms with Crippen molar-refractivity contribution in [2.75, 3.05) is 19.8 Å². The Morgan fingerprint density at radius 2 is 1.86 bits per heavy atom. The SMILES string of the molecule is C/C=C(\C)C(=O)O[C@H]1[C@H](OC(C)=O)C2(C)O[C@@]3(CCC2C2CCCC4(CO4)C21CO)COC(=O)C3. The van der Waals surface area contributed by atoms with Crippen LogP contribution in [-0.4, -0.2) is 71.8 Å². The third-order valence-corrected chi connectivity index (χ3v) is 9.52. The van der Waals surface area contributed by atoms with Gasteiger partial charge in [-0.25, -0.2) is 4.79 Å². The van der Waals surface area contributed by atoms with Gasteiger partial charge in [-0.2, -0.15) is 0 Å². The molecule has 2 saturated carbocycles. The van der Waals surface area contributed by atoms with E-state index in [1.807, 2.05) is 6.92 Å². The van der Waals surface area contributed by atoms with E-state index in [-0.39, 0.29) is 37.4 Å². The molecule has 3 saturated heterocycles. The van der Waals surface area contributed by atoms with Crippen LogP contribution >= 0.6 is 0 Å². The molecule has 5 aliphatic rings. The molecule has 3 heterocycles. The third-order valence-electron chi connectivity index (χ3n) is 9.52. The fraction of sp³-hybridized carbons (Fsp3) is 0.808. The Morgan fingerprint density at radius 1 is 1.11 bits per heavy atom. The average Bonchev–Trinajstić information content (AvgIpc) is 3.50. The number of cyclic esters (lactones) is 1. The molecule has 0 amide bonds. The molecule has 5 fully saturated rings. The van der Waals surface area contributed by atoms with Gasteiger partial charge in [0.1, 0.15) is 23.4 Å². The summed E-state index contributed by atoms with van der Waals surface area (Å²) in [6.07, 6.45) is 3.62. The van der Waals surface area contributed by atoms with Gasteiger partial charge < -0.3 is 28.8 Å². The van der Waals surface area contributed by atoms with Crippen LogP contribution < -0.4 is 0 Å². The predicted octanol–water partition coefficient (Wildman–Crippen LogP) is 2.23. The minimum Gasteiger partial charge on any atom is -0.463 e. The van der Waals surface area contributed by atoms with Crippen molar-refractivity contribution < 1.29 is 43.2 Å². The van der Waals surface area contributed by atoms with Crippen LogP contribution in [0.15, 0.2) is 11.6 Å². The summed E-state index contributed by atoms with van der Waals surface area (Å²) in [6.45, 7) is 6.97. The highest BCUT2D eigenvalue weighted by Crippen LogP contribution is 2.68. The summed E-state index contributed by atoms with van der Waals surface area (Å²) < 4.78 is 30.3. The maximum Gasteiger partial charge on any atom is 0.333 e. The van der Waals surface area contributed by atoms with E-state index in [0.717, 1.165) is 19.3 Å². The number of allylic oxidation sites excluding steroid dienone is 1. The smallest absolute Gasteiger partial charge is 0.333 e. The Kier molecular flexibility index (Phi) is 5.85. The van der Waals surface area contributed by atoms with Crippen molar-refractivity contribution in [2.45, 2.75) is 95.2 Å². The van der Waals surface area contributed by atoms with E-state index in [1.165, 1.54) is 6.92 Å². The lowest BCUT2D eigenvalue weighted by Crippen LogP contribution is -2.77. The molecule has 5 unspecified atom stereocenters. The number of carbonyl (C=O) groups is 3. The molecule has 0 bridgehead atoms. The summed E-state index contributed by atoms with van der Waals surface area (Å²) in [7, 11) is 0. The molecule has 2 spiro atoms. The first-order valence-electron chi connectivity index (χ1n) is 12.7. The van der Waals surface area contributed by atoms with Crippen molar-refractivity contribution in [3.8, 4) is 0 Å². The van der Waals surface area contributed by atoms with Crippen molar-refractivity contribution >= 4 is 17.9 Å². The van der Waals surface area contributed by atoms with E-state index in [2.05, 4.69) is 0 Å². The lowest BCUT2D eigenvalue weighted by molar-refractivity contribution is -0.332. The van der Waals surface area contributed by atoms with Gasteiger partial charge in [0.05, 0.1) is 25.0 Å². The lowest BCUT2D eigenvalue weighted by Gasteiger charge is -2.66. The van der Waals surface area contributed by atoms with Gasteiger partial charge in [-0.1, -0.05) is 12.5 Å². The van der Waals surface area contributed by atoms with Crippen molar-refractivity contribution in [3.63, 3.8) is 0 Å². The second kappa shape index (κ2) is 8.28. The van der Waals surface area contributed by atoms with Crippen LogP contribution in [0, 0.1) is 17.3 Å². The highest BCUT2D eigenvalue weighted by atomic mass is 16.6. The molecule has 9 nitrogen and oxygen atoms in total. The lowest BCUT2D eigenvalue weighted by atomic mass is 9.45. The second-order valence-corrected chi connectivity index (χ2v) is 11.3. The van der Waals surface area contributed by atoms with Crippen LogP contribution in [0.1, 0.15) is 66.2 Å². The maximum atomic E-state index is 13.1. The summed E-state index contributed by atoms with van der Waals surface area (Å²) in [4.78, 5) is 37.6. The van der Waals surface area contributed by atoms with Crippen molar-refractivity contribution in [3.05, 3.63) is 11.6 Å². The van der Waals surface area contributed by atoms with Gasteiger partial charge in [0.15, 0.2) is 12.2 Å². The van der Waals surface area contributed by atoms with Gasteiger partial charge >= 0.3 is 17.9 Å². The van der Waals surface area contributed by atoms with E-state index in [9.17, 15) is 19.5 Å². The normalized spacial score (nSPS) is 46.5. The zero-order chi connectivity index (χ0) is 25.2. The van der Waals surface area contributed by atoms with Crippen LogP contribution in [0.25, 0.3) is 0 Å². The molecule has 0 aromatic carbocycles. The first-order chi connectivity index (χ1) is 16.6. The first kappa shape index (κ1) is 24.7. The maximum absolute atomic E-state index is 13.1. The number of hydrogen-bond donors (Lipinski definition) is 1. The zero-order valence-electron chi connectivity index (χ0n) is 21.0. The van der Waals surface area contributed by atoms with E-state index < -0.39 is 46.4 Å². The topological polar surface area (TPSA) is 121 Å². The number of ether oxygens (including phenoxy) is 5. The molecule has 0 radical (unpaired) electrons. The van der Waals surface area contributed by atoms with Crippen molar-refractivity contribution in [1.29, 1.82) is 0 Å². The van der Waals surface area contributed by atoms with Gasteiger partial charge in [0, 0.05) is 12.5 Å². The molecule has 1 N–H and O–H groups in total. The van der Waals surface area contributed by atoms with Gasteiger partial charge in [0.25, 0.3) is 0 Å². The molecule has 35 heavy (non-hydrogen) atoms. The molecule has 5 rings (SSSR count). The van der Waals surface area contributed by atoms with E-state index in [1.54, 1.807) is 19.9 Å². The summed E-state index contributed by atoms with van der Waals surface area (Å²) in [5, 5.41) is 11.1. The van der Waals surface area contributed by atoms with Gasteiger partial charge in [-0.15, -0.1) is 0 Å². The molecule has 0 aromatic rings. The van der Waals surface area contributed by atoms with E-state index in [4.69, 9.17) is 23.7 Å². The first-order valence-corrected chi connectivity index (χ1v) is 12.7. The number of carbonyl (C=O) groups excluding carboxylic acids is 3. The third kappa shape index (κ3) is 3.49. The number of fused-ring (bicyclic) bond motifs is 4. The molecule has 0 aromatic heterocycles.